The molecule has 0 unspecified atom stereocenters. The Morgan fingerprint density at radius 3 is 2.94 bits per heavy atom. The Balaban J connectivity index is 2.28. The molecule has 1 saturated heterocycles. The maximum atomic E-state index is 6.08. The average Bonchev–Trinajstić information content (AvgIpc) is 2.26. The molecule has 0 N–H and O–H groups in total. The first-order chi connectivity index (χ1) is 7.58. The van der Waals surface area contributed by atoms with E-state index in [1.54, 1.807) is 11.8 Å². The summed E-state index contributed by atoms with van der Waals surface area (Å²) in [5.41, 5.74) is 1.04. The van der Waals surface area contributed by atoms with Crippen LogP contribution in [0.5, 0.6) is 0 Å². The first kappa shape index (κ1) is 12.6. The van der Waals surface area contributed by atoms with Gasteiger partial charge >= 0.3 is 0 Å². The summed E-state index contributed by atoms with van der Waals surface area (Å²) in [7, 11) is 2.07. The van der Waals surface area contributed by atoms with Gasteiger partial charge in [-0.2, -0.15) is 0 Å². The van der Waals surface area contributed by atoms with Crippen LogP contribution in [-0.4, -0.2) is 28.8 Å². The Kier molecular flexibility index (Phi) is 4.13. The molecule has 0 amide bonds. The number of thioether (sulfide) groups is 1. The van der Waals surface area contributed by atoms with Crippen LogP contribution in [0.4, 0.5) is 5.69 Å². The highest BCUT2D eigenvalue weighted by molar-refractivity contribution is 9.10. The molecule has 0 saturated carbocycles. The molecule has 1 heterocycles. The van der Waals surface area contributed by atoms with E-state index >= 15 is 0 Å². The lowest BCUT2D eigenvalue weighted by atomic mass is 10.3. The van der Waals surface area contributed by atoms with Crippen LogP contribution < -0.4 is 4.90 Å². The molecule has 0 atom stereocenters. The third kappa shape index (κ3) is 2.71. The fourth-order valence-electron chi connectivity index (χ4n) is 1.42. The van der Waals surface area contributed by atoms with E-state index in [-0.39, 0.29) is 0 Å². The molecule has 0 aromatic heterocycles. The second-order valence-electron chi connectivity index (χ2n) is 3.56. The molecule has 0 spiro atoms. The van der Waals surface area contributed by atoms with Gasteiger partial charge in [0.05, 0.1) is 17.6 Å². The van der Waals surface area contributed by atoms with Crippen LogP contribution >= 0.6 is 51.5 Å². The van der Waals surface area contributed by atoms with Crippen molar-refractivity contribution >= 4 is 61.5 Å². The number of hydrogen-bond acceptors (Lipinski definition) is 3. The molecular formula is C10H10BrClN2S2. The normalized spacial score (nSPS) is 17.9. The van der Waals surface area contributed by atoms with Gasteiger partial charge in [0, 0.05) is 10.2 Å². The van der Waals surface area contributed by atoms with Crippen LogP contribution in [0.25, 0.3) is 0 Å². The van der Waals surface area contributed by atoms with Crippen molar-refractivity contribution in [3.05, 3.63) is 27.7 Å². The fourth-order valence-corrected chi connectivity index (χ4v) is 2.90. The number of anilines is 1. The smallest absolute Gasteiger partial charge is 0.143 e. The summed E-state index contributed by atoms with van der Waals surface area (Å²) in [4.78, 5) is 4.29. The molecule has 0 bridgehead atoms. The van der Waals surface area contributed by atoms with Gasteiger partial charge in [0.15, 0.2) is 0 Å². The number of nitrogens with zero attached hydrogens (tertiary/aromatic N) is 2. The van der Waals surface area contributed by atoms with Crippen molar-refractivity contribution in [3.63, 3.8) is 0 Å². The summed E-state index contributed by atoms with van der Waals surface area (Å²) in [5.74, 6) is 0.944. The van der Waals surface area contributed by atoms with Gasteiger partial charge in [0.25, 0.3) is 0 Å². The molecular weight excluding hydrogens is 328 g/mol. The quantitative estimate of drug-likeness (QED) is 0.719. The van der Waals surface area contributed by atoms with E-state index < -0.39 is 0 Å². The van der Waals surface area contributed by atoms with Crippen molar-refractivity contribution in [2.45, 2.75) is 0 Å². The van der Waals surface area contributed by atoms with Crippen molar-refractivity contribution in [3.8, 4) is 0 Å². The standard InChI is InChI=1S/C10H10BrClN2S2/c1-13-5-14(10(15)16-6-13)7-2-3-8(11)9(12)4-7/h2-4H,5-6H2,1H3. The van der Waals surface area contributed by atoms with Crippen LogP contribution in [0, 0.1) is 0 Å². The van der Waals surface area contributed by atoms with E-state index in [1.165, 1.54) is 0 Å². The lowest BCUT2D eigenvalue weighted by molar-refractivity contribution is 0.403. The highest BCUT2D eigenvalue weighted by atomic mass is 79.9. The Hall–Kier alpha value is 0.190. The van der Waals surface area contributed by atoms with E-state index in [0.717, 1.165) is 27.0 Å². The van der Waals surface area contributed by atoms with Gasteiger partial charge in [-0.25, -0.2) is 0 Å². The average molecular weight is 338 g/mol. The first-order valence-electron chi connectivity index (χ1n) is 4.66. The highest BCUT2D eigenvalue weighted by Crippen LogP contribution is 2.30. The van der Waals surface area contributed by atoms with Gasteiger partial charge in [0.2, 0.25) is 0 Å². The van der Waals surface area contributed by atoms with Crippen LogP contribution in [0.15, 0.2) is 22.7 Å². The van der Waals surface area contributed by atoms with Gasteiger partial charge in [-0.05, 0) is 41.2 Å². The molecule has 86 valence electrons. The maximum Gasteiger partial charge on any atom is 0.143 e. The number of thiocarbonyl (C=S) groups is 1. The van der Waals surface area contributed by atoms with E-state index in [2.05, 4.69) is 32.8 Å². The van der Waals surface area contributed by atoms with Gasteiger partial charge in [-0.1, -0.05) is 35.6 Å². The Bertz CT molecular complexity index is 427. The zero-order valence-corrected chi connectivity index (χ0v) is 12.6. The third-order valence-electron chi connectivity index (χ3n) is 2.23. The van der Waals surface area contributed by atoms with Gasteiger partial charge in [-0.3, -0.25) is 4.90 Å². The molecule has 6 heteroatoms. The van der Waals surface area contributed by atoms with E-state index in [0.29, 0.717) is 5.02 Å². The predicted molar refractivity (Wildman–Crippen MR) is 79.3 cm³/mol. The largest absolute Gasteiger partial charge is 0.314 e. The molecule has 1 aromatic rings. The second kappa shape index (κ2) is 5.23. The Morgan fingerprint density at radius 1 is 1.50 bits per heavy atom. The summed E-state index contributed by atoms with van der Waals surface area (Å²) in [5, 5.41) is 0.707. The zero-order chi connectivity index (χ0) is 11.7. The summed E-state index contributed by atoms with van der Waals surface area (Å²) in [6.07, 6.45) is 0. The molecule has 0 radical (unpaired) electrons. The van der Waals surface area contributed by atoms with Crippen molar-refractivity contribution in [2.24, 2.45) is 0 Å². The van der Waals surface area contributed by atoms with Crippen LogP contribution in [0.1, 0.15) is 0 Å². The van der Waals surface area contributed by atoms with Crippen molar-refractivity contribution < 1.29 is 0 Å². The maximum absolute atomic E-state index is 6.08. The number of halogens is 2. The van der Waals surface area contributed by atoms with Crippen molar-refractivity contribution in [2.75, 3.05) is 24.5 Å². The van der Waals surface area contributed by atoms with Crippen LogP contribution in [-0.2, 0) is 0 Å². The zero-order valence-electron chi connectivity index (χ0n) is 8.61. The monoisotopic (exact) mass is 336 g/mol. The Labute approximate surface area is 118 Å². The minimum Gasteiger partial charge on any atom is -0.314 e. The third-order valence-corrected chi connectivity index (χ3v) is 5.07. The molecule has 16 heavy (non-hydrogen) atoms. The van der Waals surface area contributed by atoms with E-state index in [1.807, 2.05) is 18.2 Å². The summed E-state index contributed by atoms with van der Waals surface area (Å²) >= 11 is 16.5. The minimum absolute atomic E-state index is 0.707. The number of rotatable bonds is 1. The first-order valence-corrected chi connectivity index (χ1v) is 7.22. The molecule has 1 aliphatic rings. The molecule has 1 aliphatic heterocycles. The lowest BCUT2D eigenvalue weighted by Crippen LogP contribution is -2.42. The van der Waals surface area contributed by atoms with Gasteiger partial charge in [-0.15, -0.1) is 0 Å². The van der Waals surface area contributed by atoms with Gasteiger partial charge in [0.1, 0.15) is 4.32 Å². The molecule has 2 rings (SSSR count). The summed E-state index contributed by atoms with van der Waals surface area (Å²) in [6, 6.07) is 5.89. The van der Waals surface area contributed by atoms with E-state index in [9.17, 15) is 0 Å². The molecule has 2 nitrogen and oxygen atoms in total. The number of benzene rings is 1. The lowest BCUT2D eigenvalue weighted by Gasteiger charge is -2.34. The fraction of sp³-hybridized carbons (Fsp3) is 0.300. The molecule has 1 aromatic carbocycles. The topological polar surface area (TPSA) is 6.48 Å². The SMILES string of the molecule is CN1CSC(=S)N(c2ccc(Br)c(Cl)c2)C1. The number of hydrogen-bond donors (Lipinski definition) is 0. The predicted octanol–water partition coefficient (Wildman–Crippen LogP) is 3.79. The summed E-state index contributed by atoms with van der Waals surface area (Å²) < 4.78 is 1.80. The minimum atomic E-state index is 0.707. The highest BCUT2D eigenvalue weighted by Gasteiger charge is 2.20. The molecule has 0 aliphatic carbocycles. The molecule has 1 fully saturated rings. The van der Waals surface area contributed by atoms with Crippen LogP contribution in [0.3, 0.4) is 0 Å². The van der Waals surface area contributed by atoms with Gasteiger partial charge < -0.3 is 4.90 Å². The second-order valence-corrected chi connectivity index (χ2v) is 6.40. The van der Waals surface area contributed by atoms with Crippen molar-refractivity contribution in [1.82, 2.24) is 4.90 Å². The van der Waals surface area contributed by atoms with Crippen LogP contribution in [0.2, 0.25) is 5.02 Å². The van der Waals surface area contributed by atoms with E-state index in [4.69, 9.17) is 23.8 Å². The Morgan fingerprint density at radius 2 is 2.25 bits per heavy atom. The summed E-state index contributed by atoms with van der Waals surface area (Å²) in [6.45, 7) is 0.809. The van der Waals surface area contributed by atoms with Crippen molar-refractivity contribution in [1.29, 1.82) is 0 Å².